The Morgan fingerprint density at radius 1 is 1.71 bits per heavy atom. The van der Waals surface area contributed by atoms with E-state index in [-0.39, 0.29) is 5.69 Å². The number of pyridine rings is 1. The van der Waals surface area contributed by atoms with Crippen molar-refractivity contribution in [3.8, 4) is 5.88 Å². The monoisotopic (exact) mass is 237 g/mol. The van der Waals surface area contributed by atoms with Crippen molar-refractivity contribution in [2.75, 3.05) is 19.7 Å². The molecule has 2 rings (SSSR count). The van der Waals surface area contributed by atoms with Crippen LogP contribution in [0.1, 0.15) is 12.0 Å². The van der Waals surface area contributed by atoms with Gasteiger partial charge in [0, 0.05) is 24.1 Å². The van der Waals surface area contributed by atoms with Crippen LogP contribution >= 0.6 is 0 Å². The molecule has 1 atom stereocenters. The Balaban J connectivity index is 1.97. The smallest absolute Gasteiger partial charge is 0.290 e. The van der Waals surface area contributed by atoms with Crippen molar-refractivity contribution >= 4 is 5.69 Å². The Morgan fingerprint density at radius 3 is 3.12 bits per heavy atom. The van der Waals surface area contributed by atoms with E-state index < -0.39 is 4.92 Å². The molecular weight excluding hydrogens is 222 g/mol. The molecule has 0 aliphatic carbocycles. The molecule has 0 bridgehead atoms. The Bertz CT molecular complexity index is 416. The van der Waals surface area contributed by atoms with E-state index in [4.69, 9.17) is 4.74 Å². The minimum absolute atomic E-state index is 0.0277. The Labute approximate surface area is 99.2 Å². The number of nitrogens with zero attached hydrogens (tertiary/aromatic N) is 2. The second-order valence-electron chi connectivity index (χ2n) is 4.24. The van der Waals surface area contributed by atoms with Crippen LogP contribution in [0.3, 0.4) is 0 Å². The number of aryl methyl sites for hydroxylation is 1. The summed E-state index contributed by atoms with van der Waals surface area (Å²) in [5.41, 5.74) is 0.601. The lowest BCUT2D eigenvalue weighted by Crippen LogP contribution is -2.15. The summed E-state index contributed by atoms with van der Waals surface area (Å²) in [6.07, 6.45) is 2.35. The number of ether oxygens (including phenoxy) is 1. The van der Waals surface area contributed by atoms with Crippen LogP contribution < -0.4 is 10.1 Å². The molecule has 0 aromatic carbocycles. The molecule has 1 aromatic heterocycles. The van der Waals surface area contributed by atoms with Gasteiger partial charge in [-0.3, -0.25) is 10.1 Å². The Hall–Kier alpha value is -1.69. The summed E-state index contributed by atoms with van der Waals surface area (Å²) in [7, 11) is 0. The highest BCUT2D eigenvalue weighted by molar-refractivity contribution is 5.39. The van der Waals surface area contributed by atoms with E-state index in [9.17, 15) is 10.1 Å². The molecule has 0 spiro atoms. The van der Waals surface area contributed by atoms with E-state index in [1.807, 2.05) is 0 Å². The first-order chi connectivity index (χ1) is 8.16. The summed E-state index contributed by atoms with van der Waals surface area (Å²) < 4.78 is 5.53. The van der Waals surface area contributed by atoms with Gasteiger partial charge < -0.3 is 10.1 Å². The van der Waals surface area contributed by atoms with Crippen molar-refractivity contribution < 1.29 is 9.66 Å². The number of nitro groups is 1. The lowest BCUT2D eigenvalue weighted by Gasteiger charge is -2.10. The van der Waals surface area contributed by atoms with Gasteiger partial charge in [-0.25, -0.2) is 4.98 Å². The summed E-state index contributed by atoms with van der Waals surface area (Å²) in [5, 5.41) is 13.9. The fourth-order valence-corrected chi connectivity index (χ4v) is 1.85. The third-order valence-corrected chi connectivity index (χ3v) is 2.88. The van der Waals surface area contributed by atoms with Crippen LogP contribution in [0.4, 0.5) is 5.69 Å². The molecule has 1 saturated heterocycles. The fourth-order valence-electron chi connectivity index (χ4n) is 1.85. The molecule has 0 amide bonds. The summed E-state index contributed by atoms with van der Waals surface area (Å²) in [6, 6.07) is 1.61. The highest BCUT2D eigenvalue weighted by Gasteiger charge is 2.16. The van der Waals surface area contributed by atoms with Gasteiger partial charge >= 0.3 is 0 Å². The summed E-state index contributed by atoms with van der Waals surface area (Å²) >= 11 is 0. The fraction of sp³-hybridized carbons (Fsp3) is 0.545. The molecule has 17 heavy (non-hydrogen) atoms. The molecule has 1 N–H and O–H groups in total. The van der Waals surface area contributed by atoms with Gasteiger partial charge in [0.05, 0.1) is 11.5 Å². The molecule has 1 aromatic rings. The number of nitrogens with one attached hydrogen (secondary N) is 1. The highest BCUT2D eigenvalue weighted by atomic mass is 16.6. The van der Waals surface area contributed by atoms with Crippen LogP contribution in [0.2, 0.25) is 0 Å². The van der Waals surface area contributed by atoms with E-state index in [2.05, 4.69) is 10.3 Å². The standard InChI is InChI=1S/C11H15N3O3/c1-8-4-11(13-6-10(8)14(15)16)17-7-9-2-3-12-5-9/h4,6,9,12H,2-3,5,7H2,1H3. The second-order valence-corrected chi connectivity index (χ2v) is 4.24. The summed E-state index contributed by atoms with van der Waals surface area (Å²) in [5.74, 6) is 0.965. The van der Waals surface area contributed by atoms with Crippen molar-refractivity contribution in [3.63, 3.8) is 0 Å². The summed E-state index contributed by atoms with van der Waals surface area (Å²) in [4.78, 5) is 14.1. The van der Waals surface area contributed by atoms with Crippen LogP contribution in [-0.4, -0.2) is 29.6 Å². The maximum Gasteiger partial charge on any atom is 0.290 e. The quantitative estimate of drug-likeness (QED) is 0.630. The topological polar surface area (TPSA) is 77.3 Å². The average molecular weight is 237 g/mol. The molecule has 2 heterocycles. The number of hydrogen-bond donors (Lipinski definition) is 1. The van der Waals surface area contributed by atoms with E-state index in [1.54, 1.807) is 13.0 Å². The van der Waals surface area contributed by atoms with Crippen LogP contribution in [0.15, 0.2) is 12.3 Å². The maximum absolute atomic E-state index is 10.6. The first kappa shape index (κ1) is 11.8. The molecule has 0 saturated carbocycles. The Morgan fingerprint density at radius 2 is 2.53 bits per heavy atom. The van der Waals surface area contributed by atoms with Crippen LogP contribution in [0, 0.1) is 23.0 Å². The number of rotatable bonds is 4. The summed E-state index contributed by atoms with van der Waals surface area (Å²) in [6.45, 7) is 4.29. The van der Waals surface area contributed by atoms with E-state index in [1.165, 1.54) is 6.20 Å². The lowest BCUT2D eigenvalue weighted by molar-refractivity contribution is -0.385. The van der Waals surface area contributed by atoms with Gasteiger partial charge in [-0.1, -0.05) is 0 Å². The number of aromatic nitrogens is 1. The molecule has 1 aliphatic rings. The first-order valence-electron chi connectivity index (χ1n) is 5.61. The van der Waals surface area contributed by atoms with Crippen molar-refractivity contribution in [2.45, 2.75) is 13.3 Å². The van der Waals surface area contributed by atoms with E-state index in [0.717, 1.165) is 19.5 Å². The van der Waals surface area contributed by atoms with Crippen LogP contribution in [0.5, 0.6) is 5.88 Å². The third kappa shape index (κ3) is 2.91. The predicted octanol–water partition coefficient (Wildman–Crippen LogP) is 1.29. The van der Waals surface area contributed by atoms with Crippen molar-refractivity contribution in [2.24, 2.45) is 5.92 Å². The minimum atomic E-state index is -0.437. The molecule has 1 unspecified atom stereocenters. The second kappa shape index (κ2) is 5.09. The van der Waals surface area contributed by atoms with Gasteiger partial charge in [0.1, 0.15) is 6.20 Å². The van der Waals surface area contributed by atoms with Gasteiger partial charge in [-0.15, -0.1) is 0 Å². The van der Waals surface area contributed by atoms with Gasteiger partial charge in [0.2, 0.25) is 5.88 Å². The molecule has 1 fully saturated rings. The minimum Gasteiger partial charge on any atom is -0.477 e. The van der Waals surface area contributed by atoms with Crippen LogP contribution in [0.25, 0.3) is 0 Å². The van der Waals surface area contributed by atoms with Gasteiger partial charge in [0.15, 0.2) is 0 Å². The molecular formula is C11H15N3O3. The average Bonchev–Trinajstić information content (AvgIpc) is 2.78. The normalized spacial score (nSPS) is 19.2. The molecule has 6 nitrogen and oxygen atoms in total. The van der Waals surface area contributed by atoms with E-state index >= 15 is 0 Å². The zero-order valence-corrected chi connectivity index (χ0v) is 9.68. The molecule has 1 aliphatic heterocycles. The largest absolute Gasteiger partial charge is 0.477 e. The zero-order valence-electron chi connectivity index (χ0n) is 9.68. The first-order valence-corrected chi connectivity index (χ1v) is 5.61. The highest BCUT2D eigenvalue weighted by Crippen LogP contribution is 2.20. The van der Waals surface area contributed by atoms with Gasteiger partial charge in [-0.05, 0) is 19.9 Å². The molecule has 6 heteroatoms. The zero-order chi connectivity index (χ0) is 12.3. The van der Waals surface area contributed by atoms with E-state index in [0.29, 0.717) is 24.0 Å². The predicted molar refractivity (Wildman–Crippen MR) is 62.1 cm³/mol. The number of hydrogen-bond acceptors (Lipinski definition) is 5. The van der Waals surface area contributed by atoms with Gasteiger partial charge in [-0.2, -0.15) is 0 Å². The molecule has 0 radical (unpaired) electrons. The third-order valence-electron chi connectivity index (χ3n) is 2.88. The van der Waals surface area contributed by atoms with Crippen molar-refractivity contribution in [3.05, 3.63) is 27.9 Å². The van der Waals surface area contributed by atoms with Crippen molar-refractivity contribution in [1.82, 2.24) is 10.3 Å². The van der Waals surface area contributed by atoms with Gasteiger partial charge in [0.25, 0.3) is 5.69 Å². The Kier molecular flexibility index (Phi) is 3.53. The maximum atomic E-state index is 10.6. The SMILES string of the molecule is Cc1cc(OCC2CCNC2)ncc1[N+](=O)[O-]. The van der Waals surface area contributed by atoms with Crippen LogP contribution in [-0.2, 0) is 0 Å². The van der Waals surface area contributed by atoms with Crippen molar-refractivity contribution in [1.29, 1.82) is 0 Å². The molecule has 92 valence electrons. The lowest BCUT2D eigenvalue weighted by atomic mass is 10.1.